The van der Waals surface area contributed by atoms with Crippen LogP contribution in [0, 0.1) is 0 Å². The van der Waals surface area contributed by atoms with Gasteiger partial charge in [-0.3, -0.25) is 9.59 Å². The first kappa shape index (κ1) is 17.3. The van der Waals surface area contributed by atoms with E-state index in [9.17, 15) is 18.0 Å². The zero-order valence-electron chi connectivity index (χ0n) is 12.9. The van der Waals surface area contributed by atoms with Gasteiger partial charge in [0.1, 0.15) is 10.4 Å². The van der Waals surface area contributed by atoms with Gasteiger partial charge in [0.15, 0.2) is 0 Å². The fraction of sp³-hybridized carbons (Fsp3) is 0.571. The number of amides is 2. The number of nitrogens with zero attached hydrogens (tertiary/aromatic N) is 1. The Labute approximate surface area is 144 Å². The SMILES string of the molecule is O=C(NC[C@H]1OCCCN1S(=O)(=O)c1cccs1)C(=O)NC1CC1. The fourth-order valence-electron chi connectivity index (χ4n) is 2.37. The monoisotopic (exact) mass is 373 g/mol. The smallest absolute Gasteiger partial charge is 0.309 e. The van der Waals surface area contributed by atoms with Crippen LogP contribution in [0.25, 0.3) is 0 Å². The molecule has 1 saturated carbocycles. The Bertz CT molecular complexity index is 700. The average Bonchev–Trinajstić information content (AvgIpc) is 3.20. The maximum Gasteiger partial charge on any atom is 0.309 e. The lowest BCUT2D eigenvalue weighted by Crippen LogP contribution is -2.53. The maximum absolute atomic E-state index is 12.7. The quantitative estimate of drug-likeness (QED) is 0.700. The third-order valence-corrected chi connectivity index (χ3v) is 7.03. The Morgan fingerprint density at radius 1 is 1.33 bits per heavy atom. The lowest BCUT2D eigenvalue weighted by molar-refractivity contribution is -0.140. The molecule has 2 fully saturated rings. The second kappa shape index (κ2) is 7.18. The van der Waals surface area contributed by atoms with Crippen LogP contribution in [0.1, 0.15) is 19.3 Å². The largest absolute Gasteiger partial charge is 0.360 e. The number of sulfonamides is 1. The molecule has 2 aliphatic rings. The summed E-state index contributed by atoms with van der Waals surface area (Å²) in [7, 11) is -3.67. The van der Waals surface area contributed by atoms with E-state index in [0.29, 0.717) is 19.6 Å². The minimum atomic E-state index is -3.67. The zero-order chi connectivity index (χ0) is 17.2. The van der Waals surface area contributed by atoms with Gasteiger partial charge >= 0.3 is 11.8 Å². The molecule has 1 aromatic rings. The van der Waals surface area contributed by atoms with Gasteiger partial charge in [-0.2, -0.15) is 4.31 Å². The molecular formula is C14H19N3O5S2. The van der Waals surface area contributed by atoms with Crippen LogP contribution < -0.4 is 10.6 Å². The second-order valence-corrected chi connectivity index (χ2v) is 8.75. The Morgan fingerprint density at radius 3 is 2.79 bits per heavy atom. The summed E-state index contributed by atoms with van der Waals surface area (Å²) in [5.74, 6) is -1.47. The number of ether oxygens (including phenoxy) is 1. The minimum Gasteiger partial charge on any atom is -0.360 e. The standard InChI is InChI=1S/C14H19N3O5S2/c18-13(14(19)16-10-4-5-10)15-9-11-17(6-2-7-22-11)24(20,21)12-3-1-8-23-12/h1,3,8,10-11H,2,4-7,9H2,(H,15,18)(H,16,19)/t11-/m1/s1. The zero-order valence-corrected chi connectivity index (χ0v) is 14.6. The summed E-state index contributed by atoms with van der Waals surface area (Å²) in [6.45, 7) is 0.655. The van der Waals surface area contributed by atoms with E-state index in [-0.39, 0.29) is 16.8 Å². The van der Waals surface area contributed by atoms with Gasteiger partial charge in [0.25, 0.3) is 10.0 Å². The molecule has 1 aliphatic heterocycles. The van der Waals surface area contributed by atoms with Crippen LogP contribution in [0.2, 0.25) is 0 Å². The average molecular weight is 373 g/mol. The van der Waals surface area contributed by atoms with Crippen LogP contribution in [0.5, 0.6) is 0 Å². The highest BCUT2D eigenvalue weighted by Crippen LogP contribution is 2.25. The summed E-state index contributed by atoms with van der Waals surface area (Å²) in [5.41, 5.74) is 0. The molecule has 132 valence electrons. The first-order valence-corrected chi connectivity index (χ1v) is 10.1. The van der Waals surface area contributed by atoms with Gasteiger partial charge in [-0.05, 0) is 30.7 Å². The molecular weight excluding hydrogens is 354 g/mol. The van der Waals surface area contributed by atoms with E-state index in [1.54, 1.807) is 11.4 Å². The van der Waals surface area contributed by atoms with Gasteiger partial charge in [-0.1, -0.05) is 6.07 Å². The Kier molecular flexibility index (Phi) is 5.18. The van der Waals surface area contributed by atoms with Crippen molar-refractivity contribution in [1.29, 1.82) is 0 Å². The van der Waals surface area contributed by atoms with Crippen LogP contribution in [0.4, 0.5) is 0 Å². The van der Waals surface area contributed by atoms with Crippen molar-refractivity contribution >= 4 is 33.2 Å². The lowest BCUT2D eigenvalue weighted by atomic mass is 10.3. The topological polar surface area (TPSA) is 105 Å². The van der Waals surface area contributed by atoms with Gasteiger partial charge in [0.05, 0.1) is 13.2 Å². The molecule has 0 aromatic carbocycles. The molecule has 3 rings (SSSR count). The molecule has 2 N–H and O–H groups in total. The van der Waals surface area contributed by atoms with Crippen molar-refractivity contribution in [1.82, 2.24) is 14.9 Å². The highest BCUT2D eigenvalue weighted by molar-refractivity contribution is 7.91. The van der Waals surface area contributed by atoms with Crippen LogP contribution in [-0.2, 0) is 24.3 Å². The van der Waals surface area contributed by atoms with Crippen molar-refractivity contribution in [2.75, 3.05) is 19.7 Å². The molecule has 1 aliphatic carbocycles. The number of carbonyl (C=O) groups excluding carboxylic acids is 2. The number of carbonyl (C=O) groups is 2. The highest BCUT2D eigenvalue weighted by atomic mass is 32.2. The molecule has 1 saturated heterocycles. The van der Waals surface area contributed by atoms with Crippen molar-refractivity contribution in [3.05, 3.63) is 17.5 Å². The van der Waals surface area contributed by atoms with Crippen molar-refractivity contribution in [3.8, 4) is 0 Å². The molecule has 1 aromatic heterocycles. The summed E-state index contributed by atoms with van der Waals surface area (Å²) in [6, 6.07) is 3.29. The Hall–Kier alpha value is -1.49. The Balaban J connectivity index is 1.62. The fourth-order valence-corrected chi connectivity index (χ4v) is 5.05. The number of rotatable bonds is 5. The second-order valence-electron chi connectivity index (χ2n) is 5.68. The van der Waals surface area contributed by atoms with Gasteiger partial charge < -0.3 is 15.4 Å². The molecule has 0 unspecified atom stereocenters. The number of thiophene rings is 1. The molecule has 2 amide bonds. The first-order valence-electron chi connectivity index (χ1n) is 7.74. The first-order chi connectivity index (χ1) is 11.5. The molecule has 0 bridgehead atoms. The number of nitrogens with one attached hydrogen (secondary N) is 2. The van der Waals surface area contributed by atoms with Crippen LogP contribution in [0.15, 0.2) is 21.7 Å². The molecule has 10 heteroatoms. The molecule has 24 heavy (non-hydrogen) atoms. The van der Waals surface area contributed by atoms with Crippen molar-refractivity contribution in [2.45, 2.75) is 35.7 Å². The minimum absolute atomic E-state index is 0.0679. The third kappa shape index (κ3) is 3.94. The molecule has 8 nitrogen and oxygen atoms in total. The summed E-state index contributed by atoms with van der Waals surface area (Å²) >= 11 is 1.13. The van der Waals surface area contributed by atoms with E-state index in [1.807, 2.05) is 0 Å². The van der Waals surface area contributed by atoms with E-state index in [4.69, 9.17) is 4.74 Å². The van der Waals surface area contributed by atoms with E-state index < -0.39 is 28.1 Å². The highest BCUT2D eigenvalue weighted by Gasteiger charge is 2.35. The summed E-state index contributed by atoms with van der Waals surface area (Å²) in [4.78, 5) is 23.4. The van der Waals surface area contributed by atoms with Crippen LogP contribution in [0.3, 0.4) is 0 Å². The molecule has 2 heterocycles. The Morgan fingerprint density at radius 2 is 2.12 bits per heavy atom. The molecule has 1 atom stereocenters. The van der Waals surface area contributed by atoms with E-state index in [2.05, 4.69) is 10.6 Å². The predicted molar refractivity (Wildman–Crippen MR) is 86.7 cm³/mol. The van der Waals surface area contributed by atoms with Gasteiger partial charge in [0.2, 0.25) is 0 Å². The number of hydrogen-bond donors (Lipinski definition) is 2. The van der Waals surface area contributed by atoms with Gasteiger partial charge in [-0.25, -0.2) is 8.42 Å². The molecule has 0 spiro atoms. The summed E-state index contributed by atoms with van der Waals surface area (Å²) < 4.78 is 32.3. The van der Waals surface area contributed by atoms with Crippen molar-refractivity contribution in [3.63, 3.8) is 0 Å². The van der Waals surface area contributed by atoms with E-state index >= 15 is 0 Å². The normalized spacial score (nSPS) is 22.1. The van der Waals surface area contributed by atoms with Gasteiger partial charge in [-0.15, -0.1) is 11.3 Å². The van der Waals surface area contributed by atoms with Crippen LogP contribution >= 0.6 is 11.3 Å². The summed E-state index contributed by atoms with van der Waals surface area (Å²) in [6.07, 6.45) is 1.54. The van der Waals surface area contributed by atoms with Crippen LogP contribution in [-0.4, -0.2) is 56.5 Å². The van der Waals surface area contributed by atoms with Gasteiger partial charge in [0, 0.05) is 12.6 Å². The van der Waals surface area contributed by atoms with E-state index in [1.165, 1.54) is 10.4 Å². The number of hydrogen-bond acceptors (Lipinski definition) is 6. The maximum atomic E-state index is 12.7. The van der Waals surface area contributed by atoms with Crippen molar-refractivity contribution in [2.24, 2.45) is 0 Å². The molecule has 0 radical (unpaired) electrons. The third-order valence-electron chi connectivity index (χ3n) is 3.77. The van der Waals surface area contributed by atoms with E-state index in [0.717, 1.165) is 24.2 Å². The lowest BCUT2D eigenvalue weighted by Gasteiger charge is -2.34. The van der Waals surface area contributed by atoms with Crippen molar-refractivity contribution < 1.29 is 22.7 Å². The summed E-state index contributed by atoms with van der Waals surface area (Å²) in [5, 5.41) is 6.73. The predicted octanol–water partition coefficient (Wildman–Crippen LogP) is -0.120.